The van der Waals surface area contributed by atoms with Gasteiger partial charge in [0.25, 0.3) is 0 Å². The molecule has 1 N–H and O–H groups in total. The van der Waals surface area contributed by atoms with Gasteiger partial charge in [-0.15, -0.1) is 0 Å². The molecule has 0 spiro atoms. The van der Waals surface area contributed by atoms with E-state index >= 15 is 0 Å². The first kappa shape index (κ1) is 10.1. The van der Waals surface area contributed by atoms with E-state index in [2.05, 4.69) is 24.2 Å². The van der Waals surface area contributed by atoms with E-state index in [1.54, 1.807) is 0 Å². The van der Waals surface area contributed by atoms with Crippen molar-refractivity contribution in [2.45, 2.75) is 25.8 Å². The number of nitrogens with zero attached hydrogens (tertiary/aromatic N) is 1. The van der Waals surface area contributed by atoms with E-state index in [1.807, 2.05) is 0 Å². The molecule has 0 aromatic rings. The van der Waals surface area contributed by atoms with Crippen molar-refractivity contribution in [1.82, 2.24) is 10.2 Å². The first-order valence-electron chi connectivity index (χ1n) is 4.68. The molecular formula is C9H18N2S. The lowest BCUT2D eigenvalue weighted by atomic mass is 10.1. The van der Waals surface area contributed by atoms with Crippen LogP contribution in [0.15, 0.2) is 0 Å². The fraction of sp³-hybridized carbons (Fsp3) is 0.889. The van der Waals surface area contributed by atoms with Gasteiger partial charge in [0, 0.05) is 17.5 Å². The smallest absolute Gasteiger partial charge is 0.0396 e. The van der Waals surface area contributed by atoms with Gasteiger partial charge in [-0.05, 0) is 33.0 Å². The van der Waals surface area contributed by atoms with Crippen LogP contribution >= 0.6 is 12.2 Å². The highest BCUT2D eigenvalue weighted by Crippen LogP contribution is 2.07. The SMILES string of the molecule is CCN(C)CCC1NCCC1=S. The second-order valence-electron chi connectivity index (χ2n) is 3.41. The van der Waals surface area contributed by atoms with Gasteiger partial charge in [-0.3, -0.25) is 0 Å². The maximum Gasteiger partial charge on any atom is 0.0396 e. The summed E-state index contributed by atoms with van der Waals surface area (Å²) in [6.07, 6.45) is 2.26. The Balaban J connectivity index is 2.18. The molecule has 1 heterocycles. The van der Waals surface area contributed by atoms with Crippen molar-refractivity contribution in [3.05, 3.63) is 0 Å². The fourth-order valence-corrected chi connectivity index (χ4v) is 1.73. The summed E-state index contributed by atoms with van der Waals surface area (Å²) in [7, 11) is 2.15. The monoisotopic (exact) mass is 186 g/mol. The summed E-state index contributed by atoms with van der Waals surface area (Å²) >= 11 is 5.25. The Bertz CT molecular complexity index is 159. The number of thiocarbonyl (C=S) groups is 1. The predicted molar refractivity (Wildman–Crippen MR) is 56.8 cm³/mol. The molecule has 12 heavy (non-hydrogen) atoms. The molecule has 1 rings (SSSR count). The van der Waals surface area contributed by atoms with E-state index < -0.39 is 0 Å². The number of rotatable bonds is 4. The van der Waals surface area contributed by atoms with E-state index in [0.29, 0.717) is 6.04 Å². The summed E-state index contributed by atoms with van der Waals surface area (Å²) in [5.41, 5.74) is 0. The molecule has 0 radical (unpaired) electrons. The lowest BCUT2D eigenvalue weighted by molar-refractivity contribution is 0.339. The van der Waals surface area contributed by atoms with Gasteiger partial charge < -0.3 is 10.2 Å². The second-order valence-corrected chi connectivity index (χ2v) is 3.93. The maximum absolute atomic E-state index is 5.25. The second kappa shape index (κ2) is 4.90. The van der Waals surface area contributed by atoms with E-state index in [-0.39, 0.29) is 0 Å². The zero-order valence-corrected chi connectivity index (χ0v) is 8.78. The molecule has 70 valence electrons. The minimum Gasteiger partial charge on any atom is -0.309 e. The lowest BCUT2D eigenvalue weighted by Gasteiger charge is -2.17. The lowest BCUT2D eigenvalue weighted by Crippen LogP contribution is -2.31. The molecule has 0 aromatic carbocycles. The summed E-state index contributed by atoms with van der Waals surface area (Å²) in [5, 5.41) is 3.42. The molecular weight excluding hydrogens is 168 g/mol. The maximum atomic E-state index is 5.25. The third-order valence-electron chi connectivity index (χ3n) is 2.49. The minimum atomic E-state index is 0.508. The van der Waals surface area contributed by atoms with Crippen LogP contribution in [0.4, 0.5) is 0 Å². The van der Waals surface area contributed by atoms with E-state index in [0.717, 1.165) is 26.1 Å². The van der Waals surface area contributed by atoms with Crippen LogP contribution in [0.25, 0.3) is 0 Å². The topological polar surface area (TPSA) is 15.3 Å². The van der Waals surface area contributed by atoms with Crippen LogP contribution in [-0.2, 0) is 0 Å². The minimum absolute atomic E-state index is 0.508. The van der Waals surface area contributed by atoms with Crippen molar-refractivity contribution in [3.8, 4) is 0 Å². The van der Waals surface area contributed by atoms with Crippen molar-refractivity contribution in [3.63, 3.8) is 0 Å². The van der Waals surface area contributed by atoms with Crippen LogP contribution in [0.5, 0.6) is 0 Å². The van der Waals surface area contributed by atoms with Crippen molar-refractivity contribution in [1.29, 1.82) is 0 Å². The fourth-order valence-electron chi connectivity index (χ4n) is 1.43. The summed E-state index contributed by atoms with van der Waals surface area (Å²) in [6.45, 7) is 5.54. The molecule has 0 aliphatic carbocycles. The Hall–Kier alpha value is 0.01000. The van der Waals surface area contributed by atoms with Gasteiger partial charge in [-0.25, -0.2) is 0 Å². The van der Waals surface area contributed by atoms with Gasteiger partial charge in [0.1, 0.15) is 0 Å². The quantitative estimate of drug-likeness (QED) is 0.661. The molecule has 0 saturated carbocycles. The Morgan fingerprint density at radius 3 is 2.92 bits per heavy atom. The van der Waals surface area contributed by atoms with Crippen LogP contribution < -0.4 is 5.32 Å². The van der Waals surface area contributed by atoms with Gasteiger partial charge >= 0.3 is 0 Å². The van der Waals surface area contributed by atoms with Crippen molar-refractivity contribution >= 4 is 17.1 Å². The van der Waals surface area contributed by atoms with Gasteiger partial charge in [-0.1, -0.05) is 19.1 Å². The molecule has 0 amide bonds. The molecule has 0 bridgehead atoms. The zero-order chi connectivity index (χ0) is 8.97. The standard InChI is InChI=1S/C9H18N2S/c1-3-11(2)7-5-8-9(12)4-6-10-8/h8,10H,3-7H2,1-2H3. The third kappa shape index (κ3) is 2.81. The van der Waals surface area contributed by atoms with Gasteiger partial charge in [0.05, 0.1) is 0 Å². The Kier molecular flexibility index (Phi) is 4.12. The van der Waals surface area contributed by atoms with Gasteiger partial charge in [0.15, 0.2) is 0 Å². The molecule has 1 unspecified atom stereocenters. The molecule has 3 heteroatoms. The van der Waals surface area contributed by atoms with E-state index in [9.17, 15) is 0 Å². The molecule has 1 aliphatic rings. The summed E-state index contributed by atoms with van der Waals surface area (Å²) in [4.78, 5) is 3.54. The number of hydrogen-bond acceptors (Lipinski definition) is 3. The molecule has 1 fully saturated rings. The average molecular weight is 186 g/mol. The van der Waals surface area contributed by atoms with Crippen LogP contribution in [0.1, 0.15) is 19.8 Å². The number of nitrogens with one attached hydrogen (secondary N) is 1. The Morgan fingerprint density at radius 1 is 1.67 bits per heavy atom. The Morgan fingerprint density at radius 2 is 2.42 bits per heavy atom. The van der Waals surface area contributed by atoms with E-state index in [1.165, 1.54) is 11.3 Å². The largest absolute Gasteiger partial charge is 0.309 e. The molecule has 1 saturated heterocycles. The van der Waals surface area contributed by atoms with E-state index in [4.69, 9.17) is 12.2 Å². The van der Waals surface area contributed by atoms with Crippen LogP contribution in [-0.4, -0.2) is 42.5 Å². The van der Waals surface area contributed by atoms with Crippen molar-refractivity contribution < 1.29 is 0 Å². The normalized spacial score (nSPS) is 23.9. The predicted octanol–water partition coefficient (Wildman–Crippen LogP) is 1.06. The van der Waals surface area contributed by atoms with Crippen LogP contribution in [0.2, 0.25) is 0 Å². The Labute approximate surface area is 80.3 Å². The summed E-state index contributed by atoms with van der Waals surface area (Å²) < 4.78 is 0. The highest BCUT2D eigenvalue weighted by Gasteiger charge is 2.19. The molecule has 1 atom stereocenters. The summed E-state index contributed by atoms with van der Waals surface area (Å²) in [6, 6.07) is 0.508. The first-order valence-corrected chi connectivity index (χ1v) is 5.09. The number of hydrogen-bond donors (Lipinski definition) is 1. The average Bonchev–Trinajstić information content (AvgIpc) is 2.47. The van der Waals surface area contributed by atoms with Crippen LogP contribution in [0.3, 0.4) is 0 Å². The molecule has 2 nitrogen and oxygen atoms in total. The van der Waals surface area contributed by atoms with Gasteiger partial charge in [-0.2, -0.15) is 0 Å². The van der Waals surface area contributed by atoms with Gasteiger partial charge in [0.2, 0.25) is 0 Å². The highest BCUT2D eigenvalue weighted by molar-refractivity contribution is 7.80. The van der Waals surface area contributed by atoms with Crippen molar-refractivity contribution in [2.24, 2.45) is 0 Å². The molecule has 1 aliphatic heterocycles. The van der Waals surface area contributed by atoms with Crippen LogP contribution in [0, 0.1) is 0 Å². The zero-order valence-electron chi connectivity index (χ0n) is 7.97. The third-order valence-corrected chi connectivity index (χ3v) is 2.98. The first-order chi connectivity index (χ1) is 5.74. The molecule has 0 aromatic heterocycles. The highest BCUT2D eigenvalue weighted by atomic mass is 32.1. The summed E-state index contributed by atoms with van der Waals surface area (Å²) in [5.74, 6) is 0. The van der Waals surface area contributed by atoms with Crippen molar-refractivity contribution in [2.75, 3.05) is 26.7 Å².